The van der Waals surface area contributed by atoms with Crippen LogP contribution in [-0.2, 0) is 13.1 Å². The number of aromatic amines is 1. The predicted octanol–water partition coefficient (Wildman–Crippen LogP) is 1.17. The quantitative estimate of drug-likeness (QED) is 0.733. The topological polar surface area (TPSA) is 97.1 Å². The minimum atomic E-state index is -0.658. The molecule has 23 heavy (non-hydrogen) atoms. The SMILES string of the molecule is O=C(NCc1cccs1)c1c[nH]c(=O)n(Cc2ccco2)c1=O. The Kier molecular flexibility index (Phi) is 4.24. The molecule has 0 saturated carbocycles. The molecule has 0 aliphatic heterocycles. The van der Waals surface area contributed by atoms with Gasteiger partial charge in [0.2, 0.25) is 0 Å². The standard InChI is InChI=1S/C15H13N3O4S/c19-13(16-7-11-4-2-6-23-11)12-8-17-15(21)18(14(12)20)9-10-3-1-5-22-10/h1-6,8H,7,9H2,(H,16,19)(H,17,21). The van der Waals surface area contributed by atoms with E-state index in [2.05, 4.69) is 10.3 Å². The molecule has 8 heteroatoms. The normalized spacial score (nSPS) is 10.6. The summed E-state index contributed by atoms with van der Waals surface area (Å²) in [6.07, 6.45) is 2.58. The van der Waals surface area contributed by atoms with E-state index in [-0.39, 0.29) is 12.1 Å². The number of nitrogens with one attached hydrogen (secondary N) is 2. The average Bonchev–Trinajstić information content (AvgIpc) is 3.22. The number of furan rings is 1. The molecular formula is C15H13N3O4S. The molecule has 0 spiro atoms. The van der Waals surface area contributed by atoms with E-state index in [1.807, 2.05) is 17.5 Å². The van der Waals surface area contributed by atoms with E-state index in [9.17, 15) is 14.4 Å². The summed E-state index contributed by atoms with van der Waals surface area (Å²) in [5, 5.41) is 4.56. The van der Waals surface area contributed by atoms with Crippen molar-refractivity contribution in [1.82, 2.24) is 14.9 Å². The molecule has 0 aliphatic carbocycles. The summed E-state index contributed by atoms with van der Waals surface area (Å²) < 4.78 is 6.06. The summed E-state index contributed by atoms with van der Waals surface area (Å²) in [5.74, 6) is -0.0819. The van der Waals surface area contributed by atoms with Crippen molar-refractivity contribution in [3.63, 3.8) is 0 Å². The maximum absolute atomic E-state index is 12.4. The van der Waals surface area contributed by atoms with Crippen molar-refractivity contribution in [2.75, 3.05) is 0 Å². The third kappa shape index (κ3) is 3.32. The van der Waals surface area contributed by atoms with Gasteiger partial charge in [-0.3, -0.25) is 14.2 Å². The third-order valence-electron chi connectivity index (χ3n) is 3.20. The summed E-state index contributed by atoms with van der Waals surface area (Å²) in [4.78, 5) is 39.7. The van der Waals surface area contributed by atoms with E-state index >= 15 is 0 Å². The van der Waals surface area contributed by atoms with Crippen molar-refractivity contribution in [3.8, 4) is 0 Å². The van der Waals surface area contributed by atoms with Gasteiger partial charge in [0.1, 0.15) is 11.3 Å². The first-order valence-electron chi connectivity index (χ1n) is 6.80. The Bertz CT molecular complexity index is 907. The van der Waals surface area contributed by atoms with Crippen molar-refractivity contribution < 1.29 is 9.21 Å². The molecule has 0 radical (unpaired) electrons. The first-order valence-corrected chi connectivity index (χ1v) is 7.68. The molecule has 0 saturated heterocycles. The van der Waals surface area contributed by atoms with Gasteiger partial charge in [-0.25, -0.2) is 4.79 Å². The second kappa shape index (κ2) is 6.49. The summed E-state index contributed by atoms with van der Waals surface area (Å²) in [7, 11) is 0. The number of nitrogens with zero attached hydrogens (tertiary/aromatic N) is 1. The van der Waals surface area contributed by atoms with Crippen LogP contribution < -0.4 is 16.6 Å². The van der Waals surface area contributed by atoms with Crippen molar-refractivity contribution in [3.05, 3.63) is 79.1 Å². The van der Waals surface area contributed by atoms with Gasteiger partial charge in [-0.2, -0.15) is 0 Å². The zero-order chi connectivity index (χ0) is 16.2. The van der Waals surface area contributed by atoms with E-state index in [0.29, 0.717) is 12.3 Å². The number of carbonyl (C=O) groups excluding carboxylic acids is 1. The monoisotopic (exact) mass is 331 g/mol. The minimum absolute atomic E-state index is 0.0345. The van der Waals surface area contributed by atoms with Crippen LogP contribution in [0, 0.1) is 0 Å². The number of thiophene rings is 1. The van der Waals surface area contributed by atoms with Crippen LogP contribution in [-0.4, -0.2) is 15.5 Å². The molecule has 0 fully saturated rings. The molecule has 1 amide bonds. The van der Waals surface area contributed by atoms with Gasteiger partial charge < -0.3 is 14.7 Å². The van der Waals surface area contributed by atoms with Gasteiger partial charge in [-0.15, -0.1) is 11.3 Å². The van der Waals surface area contributed by atoms with Crippen LogP contribution in [0.2, 0.25) is 0 Å². The highest BCUT2D eigenvalue weighted by Gasteiger charge is 2.15. The van der Waals surface area contributed by atoms with E-state index < -0.39 is 17.2 Å². The lowest BCUT2D eigenvalue weighted by molar-refractivity contribution is 0.0948. The molecule has 7 nitrogen and oxygen atoms in total. The van der Waals surface area contributed by atoms with Crippen molar-refractivity contribution in [1.29, 1.82) is 0 Å². The Morgan fingerprint density at radius 1 is 1.30 bits per heavy atom. The average molecular weight is 331 g/mol. The molecule has 3 aromatic heterocycles. The third-order valence-corrected chi connectivity index (χ3v) is 4.08. The second-order valence-electron chi connectivity index (χ2n) is 4.74. The van der Waals surface area contributed by atoms with E-state index in [0.717, 1.165) is 15.6 Å². The Morgan fingerprint density at radius 3 is 2.87 bits per heavy atom. The zero-order valence-electron chi connectivity index (χ0n) is 11.9. The Morgan fingerprint density at radius 2 is 2.17 bits per heavy atom. The summed E-state index contributed by atoms with van der Waals surface area (Å²) in [6, 6.07) is 7.07. The number of rotatable bonds is 5. The number of amides is 1. The molecule has 3 rings (SSSR count). The molecule has 0 aliphatic rings. The van der Waals surface area contributed by atoms with Crippen LogP contribution >= 0.6 is 11.3 Å². The lowest BCUT2D eigenvalue weighted by Gasteiger charge is -2.06. The molecule has 3 aromatic rings. The van der Waals surface area contributed by atoms with Crippen molar-refractivity contribution >= 4 is 17.2 Å². The van der Waals surface area contributed by atoms with Gasteiger partial charge in [-0.1, -0.05) is 6.07 Å². The van der Waals surface area contributed by atoms with E-state index in [4.69, 9.17) is 4.42 Å². The van der Waals surface area contributed by atoms with Gasteiger partial charge in [0.25, 0.3) is 11.5 Å². The highest BCUT2D eigenvalue weighted by molar-refractivity contribution is 7.09. The van der Waals surface area contributed by atoms with Crippen LogP contribution in [0.25, 0.3) is 0 Å². The summed E-state index contributed by atoms with van der Waals surface area (Å²) in [6.45, 7) is 0.292. The van der Waals surface area contributed by atoms with Gasteiger partial charge in [0, 0.05) is 11.1 Å². The van der Waals surface area contributed by atoms with Crippen LogP contribution in [0.5, 0.6) is 0 Å². The lowest BCUT2D eigenvalue weighted by atomic mass is 10.3. The Balaban J connectivity index is 1.83. The highest BCUT2D eigenvalue weighted by atomic mass is 32.1. The molecule has 3 heterocycles. The summed E-state index contributed by atoms with van der Waals surface area (Å²) in [5.41, 5.74) is -1.37. The number of hydrogen-bond donors (Lipinski definition) is 2. The smallest absolute Gasteiger partial charge is 0.328 e. The fourth-order valence-corrected chi connectivity index (χ4v) is 2.70. The highest BCUT2D eigenvalue weighted by Crippen LogP contribution is 2.07. The van der Waals surface area contributed by atoms with Crippen molar-refractivity contribution in [2.24, 2.45) is 0 Å². The molecule has 118 valence electrons. The predicted molar refractivity (Wildman–Crippen MR) is 84.6 cm³/mol. The maximum atomic E-state index is 12.4. The fraction of sp³-hybridized carbons (Fsp3) is 0.133. The molecular weight excluding hydrogens is 318 g/mol. The van der Waals surface area contributed by atoms with Gasteiger partial charge >= 0.3 is 5.69 Å². The number of aromatic nitrogens is 2. The maximum Gasteiger partial charge on any atom is 0.328 e. The van der Waals surface area contributed by atoms with E-state index in [1.54, 1.807) is 12.1 Å². The summed E-state index contributed by atoms with van der Waals surface area (Å²) >= 11 is 1.50. The lowest BCUT2D eigenvalue weighted by Crippen LogP contribution is -2.40. The molecule has 0 aromatic carbocycles. The van der Waals surface area contributed by atoms with Crippen LogP contribution in [0.1, 0.15) is 21.0 Å². The Hall–Kier alpha value is -2.87. The van der Waals surface area contributed by atoms with Gasteiger partial charge in [0.05, 0.1) is 19.4 Å². The van der Waals surface area contributed by atoms with Crippen LogP contribution in [0.4, 0.5) is 0 Å². The van der Waals surface area contributed by atoms with Gasteiger partial charge in [-0.05, 0) is 23.6 Å². The molecule has 0 bridgehead atoms. The number of H-pyrrole nitrogens is 1. The minimum Gasteiger partial charge on any atom is -0.467 e. The van der Waals surface area contributed by atoms with Crippen molar-refractivity contribution in [2.45, 2.75) is 13.1 Å². The first-order chi connectivity index (χ1) is 11.1. The number of hydrogen-bond acceptors (Lipinski definition) is 5. The van der Waals surface area contributed by atoms with Crippen LogP contribution in [0.15, 0.2) is 56.1 Å². The fourth-order valence-electron chi connectivity index (χ4n) is 2.05. The van der Waals surface area contributed by atoms with Gasteiger partial charge in [0.15, 0.2) is 0 Å². The largest absolute Gasteiger partial charge is 0.467 e. The Labute approximate surface area is 134 Å². The second-order valence-corrected chi connectivity index (χ2v) is 5.77. The zero-order valence-corrected chi connectivity index (χ0v) is 12.8. The number of carbonyl (C=O) groups is 1. The van der Waals surface area contributed by atoms with E-state index in [1.165, 1.54) is 17.6 Å². The first kappa shape index (κ1) is 15.0. The molecule has 0 atom stereocenters. The molecule has 0 unspecified atom stereocenters. The van der Waals surface area contributed by atoms with Crippen LogP contribution in [0.3, 0.4) is 0 Å². The molecule has 2 N–H and O–H groups in total.